The van der Waals surface area contributed by atoms with Crippen molar-refractivity contribution in [1.29, 1.82) is 0 Å². The van der Waals surface area contributed by atoms with Crippen LogP contribution in [0.4, 0.5) is 5.82 Å². The number of rotatable bonds is 1. The second-order valence-electron chi connectivity index (χ2n) is 3.33. The second-order valence-corrected chi connectivity index (χ2v) is 3.68. The van der Waals surface area contributed by atoms with Gasteiger partial charge in [-0.3, -0.25) is 0 Å². The Bertz CT molecular complexity index is 319. The summed E-state index contributed by atoms with van der Waals surface area (Å²) in [6, 6.07) is 1.94. The maximum atomic E-state index is 5.90. The molecule has 1 aromatic rings. The molecule has 0 bridgehead atoms. The summed E-state index contributed by atoms with van der Waals surface area (Å²) < 4.78 is 0. The van der Waals surface area contributed by atoms with Crippen LogP contribution in [0.2, 0.25) is 5.15 Å². The Morgan fingerprint density at radius 2 is 2.00 bits per heavy atom. The van der Waals surface area contributed by atoms with E-state index in [0.29, 0.717) is 16.9 Å². The van der Waals surface area contributed by atoms with Crippen LogP contribution in [0, 0.1) is 6.92 Å². The van der Waals surface area contributed by atoms with Gasteiger partial charge in [0.25, 0.3) is 0 Å². The van der Waals surface area contributed by atoms with Gasteiger partial charge in [-0.05, 0) is 42.9 Å². The quantitative estimate of drug-likeness (QED) is 0.724. The molecule has 1 aromatic heterocycles. The summed E-state index contributed by atoms with van der Waals surface area (Å²) >= 11 is 5.90. The molecule has 0 unspecified atom stereocenters. The molecule has 0 radical (unpaired) electrons. The van der Waals surface area contributed by atoms with Gasteiger partial charge in [-0.1, -0.05) is 25.4 Å². The third kappa shape index (κ3) is 2.38. The number of nitrogens with two attached hydrogens (primary N) is 1. The van der Waals surface area contributed by atoms with Gasteiger partial charge < -0.3 is 5.73 Å². The van der Waals surface area contributed by atoms with Crippen LogP contribution >= 0.6 is 11.6 Å². The van der Waals surface area contributed by atoms with Crippen LogP contribution in [0.3, 0.4) is 0 Å². The topological polar surface area (TPSA) is 38.9 Å². The molecule has 78 valence electrons. The zero-order valence-electron chi connectivity index (χ0n) is 8.97. The van der Waals surface area contributed by atoms with Crippen molar-refractivity contribution in [2.24, 2.45) is 0 Å². The molecular formula is C11H17ClN2. The van der Waals surface area contributed by atoms with Crippen LogP contribution < -0.4 is 5.73 Å². The van der Waals surface area contributed by atoms with Crippen molar-refractivity contribution in [3.05, 3.63) is 22.3 Å². The second kappa shape index (κ2) is 4.65. The predicted molar refractivity (Wildman–Crippen MR) is 61.7 cm³/mol. The first-order valence-corrected chi connectivity index (χ1v) is 5.49. The standard InChI is InChI=1S/C9H11ClN2.C2H6/c1-5-7(6-2-3-6)4-8(11)12-9(5)10;1-2/h4,6H,2-3H2,1H3,(H2,11,12);1-2H3. The third-order valence-corrected chi connectivity index (χ3v) is 2.66. The van der Waals surface area contributed by atoms with Gasteiger partial charge in [-0.25, -0.2) is 4.98 Å². The zero-order chi connectivity index (χ0) is 10.7. The Balaban J connectivity index is 0.000000461. The SMILES string of the molecule is CC.Cc1c(C2CC2)cc(N)nc1Cl. The average molecular weight is 213 g/mol. The molecule has 0 spiro atoms. The number of halogens is 1. The van der Waals surface area contributed by atoms with E-state index in [1.807, 2.05) is 26.8 Å². The Morgan fingerprint density at radius 1 is 1.43 bits per heavy atom. The third-order valence-electron chi connectivity index (χ3n) is 2.29. The van der Waals surface area contributed by atoms with Crippen molar-refractivity contribution in [2.75, 3.05) is 5.73 Å². The molecule has 1 aliphatic carbocycles. The maximum absolute atomic E-state index is 5.90. The Morgan fingerprint density at radius 3 is 2.50 bits per heavy atom. The summed E-state index contributed by atoms with van der Waals surface area (Å²) in [5.74, 6) is 1.22. The molecule has 0 aromatic carbocycles. The van der Waals surface area contributed by atoms with Crippen molar-refractivity contribution < 1.29 is 0 Å². The molecule has 14 heavy (non-hydrogen) atoms. The first-order valence-electron chi connectivity index (χ1n) is 5.11. The van der Waals surface area contributed by atoms with Crippen LogP contribution in [-0.4, -0.2) is 4.98 Å². The molecule has 1 heterocycles. The van der Waals surface area contributed by atoms with Crippen molar-refractivity contribution >= 4 is 17.4 Å². The lowest BCUT2D eigenvalue weighted by molar-refractivity contribution is 1.08. The molecule has 1 fully saturated rings. The van der Waals surface area contributed by atoms with E-state index in [-0.39, 0.29) is 0 Å². The van der Waals surface area contributed by atoms with Gasteiger partial charge in [0, 0.05) is 0 Å². The van der Waals surface area contributed by atoms with Crippen LogP contribution in [0.25, 0.3) is 0 Å². The molecule has 3 heteroatoms. The first-order chi connectivity index (χ1) is 6.68. The van der Waals surface area contributed by atoms with E-state index in [0.717, 1.165) is 5.56 Å². The minimum Gasteiger partial charge on any atom is -0.384 e. The van der Waals surface area contributed by atoms with Crippen molar-refractivity contribution in [3.8, 4) is 0 Å². The Hall–Kier alpha value is -0.760. The van der Waals surface area contributed by atoms with Gasteiger partial charge >= 0.3 is 0 Å². The number of nitrogen functional groups attached to an aromatic ring is 1. The molecule has 0 saturated heterocycles. The minimum absolute atomic E-state index is 0.535. The summed E-state index contributed by atoms with van der Waals surface area (Å²) in [7, 11) is 0. The van der Waals surface area contributed by atoms with E-state index in [1.54, 1.807) is 0 Å². The molecule has 2 rings (SSSR count). The van der Waals surface area contributed by atoms with Gasteiger partial charge in [-0.15, -0.1) is 0 Å². The predicted octanol–water partition coefficient (Wildman–Crippen LogP) is 3.53. The van der Waals surface area contributed by atoms with Crippen molar-refractivity contribution in [3.63, 3.8) is 0 Å². The lowest BCUT2D eigenvalue weighted by Crippen LogP contribution is -1.96. The maximum Gasteiger partial charge on any atom is 0.134 e. The van der Waals surface area contributed by atoms with Gasteiger partial charge in [-0.2, -0.15) is 0 Å². The van der Waals surface area contributed by atoms with Gasteiger partial charge in [0.15, 0.2) is 0 Å². The lowest BCUT2D eigenvalue weighted by atomic mass is 10.1. The van der Waals surface area contributed by atoms with Crippen LogP contribution in [-0.2, 0) is 0 Å². The number of pyridine rings is 1. The first kappa shape index (κ1) is 11.3. The van der Waals surface area contributed by atoms with Crippen molar-refractivity contribution in [1.82, 2.24) is 4.98 Å². The monoisotopic (exact) mass is 212 g/mol. The van der Waals surface area contributed by atoms with Crippen LogP contribution in [0.1, 0.15) is 43.7 Å². The number of hydrogen-bond donors (Lipinski definition) is 1. The Labute approximate surface area is 90.5 Å². The number of anilines is 1. The summed E-state index contributed by atoms with van der Waals surface area (Å²) in [6.45, 7) is 6.00. The fourth-order valence-corrected chi connectivity index (χ4v) is 1.64. The van der Waals surface area contributed by atoms with Crippen LogP contribution in [0.15, 0.2) is 6.07 Å². The fourth-order valence-electron chi connectivity index (χ4n) is 1.43. The van der Waals surface area contributed by atoms with E-state index < -0.39 is 0 Å². The molecule has 0 atom stereocenters. The molecule has 1 saturated carbocycles. The zero-order valence-corrected chi connectivity index (χ0v) is 9.73. The highest BCUT2D eigenvalue weighted by Crippen LogP contribution is 2.43. The number of aromatic nitrogens is 1. The van der Waals surface area contributed by atoms with Gasteiger partial charge in [0.2, 0.25) is 0 Å². The van der Waals surface area contributed by atoms with E-state index in [1.165, 1.54) is 18.4 Å². The summed E-state index contributed by atoms with van der Waals surface area (Å²) in [5, 5.41) is 0.553. The highest BCUT2D eigenvalue weighted by Gasteiger charge is 2.26. The molecule has 2 nitrogen and oxygen atoms in total. The minimum atomic E-state index is 0.535. The summed E-state index contributed by atoms with van der Waals surface area (Å²) in [4.78, 5) is 3.99. The summed E-state index contributed by atoms with van der Waals surface area (Å²) in [6.07, 6.45) is 2.53. The number of nitrogens with zero attached hydrogens (tertiary/aromatic N) is 1. The molecule has 0 amide bonds. The van der Waals surface area contributed by atoms with Crippen molar-refractivity contribution in [2.45, 2.75) is 39.5 Å². The fraction of sp³-hybridized carbons (Fsp3) is 0.545. The molecule has 1 aliphatic rings. The normalized spacial score (nSPS) is 14.6. The number of hydrogen-bond acceptors (Lipinski definition) is 2. The average Bonchev–Trinajstić information content (AvgIpc) is 2.98. The largest absolute Gasteiger partial charge is 0.384 e. The van der Waals surface area contributed by atoms with Gasteiger partial charge in [0.1, 0.15) is 11.0 Å². The Kier molecular flexibility index (Phi) is 3.76. The van der Waals surface area contributed by atoms with E-state index in [9.17, 15) is 0 Å². The molecule has 2 N–H and O–H groups in total. The molecule has 0 aliphatic heterocycles. The highest BCUT2D eigenvalue weighted by molar-refractivity contribution is 6.30. The van der Waals surface area contributed by atoms with E-state index >= 15 is 0 Å². The highest BCUT2D eigenvalue weighted by atomic mass is 35.5. The smallest absolute Gasteiger partial charge is 0.134 e. The summed E-state index contributed by atoms with van der Waals surface area (Å²) in [5.41, 5.74) is 7.97. The van der Waals surface area contributed by atoms with Crippen LogP contribution in [0.5, 0.6) is 0 Å². The van der Waals surface area contributed by atoms with E-state index in [4.69, 9.17) is 17.3 Å². The van der Waals surface area contributed by atoms with Gasteiger partial charge in [0.05, 0.1) is 0 Å². The lowest BCUT2D eigenvalue weighted by Gasteiger charge is -2.06. The van der Waals surface area contributed by atoms with E-state index in [2.05, 4.69) is 4.98 Å². The molecular weight excluding hydrogens is 196 g/mol.